The van der Waals surface area contributed by atoms with Crippen molar-refractivity contribution in [1.29, 1.82) is 0 Å². The lowest BCUT2D eigenvalue weighted by molar-refractivity contribution is 0.0524. The normalized spacial score (nSPS) is 24.4. The second-order valence-corrected chi connectivity index (χ2v) is 10.8. The first-order valence-electron chi connectivity index (χ1n) is 12.5. The molecule has 2 fully saturated rings. The van der Waals surface area contributed by atoms with Crippen LogP contribution in [0.5, 0.6) is 0 Å². The van der Waals surface area contributed by atoms with Gasteiger partial charge in [0.2, 0.25) is 0 Å². The third kappa shape index (κ3) is 4.61. The van der Waals surface area contributed by atoms with Gasteiger partial charge in [0, 0.05) is 19.0 Å². The lowest BCUT2D eigenvalue weighted by Gasteiger charge is -2.27. The molecule has 1 heterocycles. The number of amides is 2. The van der Waals surface area contributed by atoms with Gasteiger partial charge in [-0.1, -0.05) is 48.5 Å². The molecule has 2 amide bonds. The molecule has 0 bridgehead atoms. The summed E-state index contributed by atoms with van der Waals surface area (Å²) in [6, 6.07) is 16.3. The van der Waals surface area contributed by atoms with Crippen LogP contribution in [0, 0.1) is 17.8 Å². The number of hydrogen-bond donors (Lipinski definition) is 2. The Morgan fingerprint density at radius 2 is 1.69 bits per heavy atom. The number of nitrogens with one attached hydrogen (secondary N) is 1. The van der Waals surface area contributed by atoms with E-state index in [0.29, 0.717) is 24.9 Å². The molecule has 1 saturated carbocycles. The van der Waals surface area contributed by atoms with E-state index in [1.165, 1.54) is 22.3 Å². The quantitative estimate of drug-likeness (QED) is 0.643. The molecule has 2 aliphatic carbocycles. The maximum absolute atomic E-state index is 13.0. The topological polar surface area (TPSA) is 88.1 Å². The van der Waals surface area contributed by atoms with Crippen LogP contribution in [0.2, 0.25) is 0 Å². The van der Waals surface area contributed by atoms with Crippen molar-refractivity contribution in [3.8, 4) is 11.1 Å². The number of likely N-dealkylation sites (tertiary alicyclic amines) is 1. The Balaban J connectivity index is 1.14. The molecule has 35 heavy (non-hydrogen) atoms. The van der Waals surface area contributed by atoms with E-state index in [1.807, 2.05) is 45.0 Å². The van der Waals surface area contributed by atoms with Gasteiger partial charge in [0.05, 0.1) is 12.6 Å². The number of fused-ring (bicyclic) bond motifs is 4. The second kappa shape index (κ2) is 9.19. The van der Waals surface area contributed by atoms with E-state index in [1.54, 1.807) is 4.90 Å². The fourth-order valence-corrected chi connectivity index (χ4v) is 6.04. The number of carbonyl (C=O) groups is 2. The van der Waals surface area contributed by atoms with E-state index in [0.717, 1.165) is 6.42 Å². The first-order valence-corrected chi connectivity index (χ1v) is 12.5. The number of nitrogens with zero attached hydrogens (tertiary/aromatic N) is 1. The summed E-state index contributed by atoms with van der Waals surface area (Å²) < 4.78 is 11.1. The van der Waals surface area contributed by atoms with Crippen LogP contribution in [0.1, 0.15) is 44.2 Å². The molecule has 0 aromatic heterocycles. The standard InChI is InChI=1S/C28H34N2O5/c1-28(2,3)35-26(32)29-13-12-21-22-14-30(24(15-31)25(21)22)27(33)34-16-23-19-10-6-4-8-17(19)18-9-5-7-11-20(18)23/h4-11,21-25,31H,12-16H2,1-3H3,(H,29,32)/t21-,22-,24-,25+/m1/s1. The summed E-state index contributed by atoms with van der Waals surface area (Å²) in [4.78, 5) is 26.6. The summed E-state index contributed by atoms with van der Waals surface area (Å²) in [6.45, 7) is 6.81. The SMILES string of the molecule is CC(C)(C)OC(=O)NCC[C@@H]1[C@H]2CN(C(=O)OCC3c4ccccc4-c4ccccc43)[C@H](CO)[C@@H]12. The number of piperidine rings is 1. The van der Waals surface area contributed by atoms with Gasteiger partial charge in [-0.25, -0.2) is 9.59 Å². The van der Waals surface area contributed by atoms with Crippen molar-refractivity contribution in [2.45, 2.75) is 44.8 Å². The van der Waals surface area contributed by atoms with E-state index >= 15 is 0 Å². The molecule has 0 spiro atoms. The van der Waals surface area contributed by atoms with Gasteiger partial charge in [0.25, 0.3) is 0 Å². The third-order valence-electron chi connectivity index (χ3n) is 7.55. The minimum Gasteiger partial charge on any atom is -0.448 e. The van der Waals surface area contributed by atoms with Gasteiger partial charge in [0.1, 0.15) is 12.2 Å². The first-order chi connectivity index (χ1) is 16.8. The molecule has 186 valence electrons. The number of aliphatic hydroxyl groups excluding tert-OH is 1. The van der Waals surface area contributed by atoms with Crippen molar-refractivity contribution >= 4 is 12.2 Å². The third-order valence-corrected chi connectivity index (χ3v) is 7.55. The zero-order valence-corrected chi connectivity index (χ0v) is 20.6. The number of alkyl carbamates (subject to hydrolysis) is 1. The summed E-state index contributed by atoms with van der Waals surface area (Å²) in [5.41, 5.74) is 4.24. The van der Waals surface area contributed by atoms with Crippen molar-refractivity contribution < 1.29 is 24.2 Å². The molecule has 0 radical (unpaired) electrons. The van der Waals surface area contributed by atoms with Gasteiger partial charge in [-0.3, -0.25) is 0 Å². The Bertz CT molecular complexity index is 1070. The average Bonchev–Trinajstić information content (AvgIpc) is 3.20. The van der Waals surface area contributed by atoms with E-state index in [2.05, 4.69) is 29.6 Å². The zero-order chi connectivity index (χ0) is 24.7. The van der Waals surface area contributed by atoms with Crippen LogP contribution in [0.15, 0.2) is 48.5 Å². The maximum atomic E-state index is 13.0. The van der Waals surface area contributed by atoms with Crippen LogP contribution < -0.4 is 5.32 Å². The van der Waals surface area contributed by atoms with Gasteiger partial charge in [-0.2, -0.15) is 0 Å². The Hall–Kier alpha value is -3.06. The fraction of sp³-hybridized carbons (Fsp3) is 0.500. The van der Waals surface area contributed by atoms with Crippen molar-refractivity contribution in [3.63, 3.8) is 0 Å². The minimum atomic E-state index is -0.522. The molecule has 7 nitrogen and oxygen atoms in total. The molecule has 5 rings (SSSR count). The fourth-order valence-electron chi connectivity index (χ4n) is 6.04. The Kier molecular flexibility index (Phi) is 6.21. The highest BCUT2D eigenvalue weighted by molar-refractivity contribution is 5.79. The molecule has 4 atom stereocenters. The highest BCUT2D eigenvalue weighted by Crippen LogP contribution is 2.57. The van der Waals surface area contributed by atoms with Crippen LogP contribution >= 0.6 is 0 Å². The van der Waals surface area contributed by atoms with Gasteiger partial charge in [0.15, 0.2) is 0 Å². The van der Waals surface area contributed by atoms with Gasteiger partial charge in [-0.05, 0) is 67.2 Å². The second-order valence-electron chi connectivity index (χ2n) is 10.8. The van der Waals surface area contributed by atoms with Gasteiger partial charge in [-0.15, -0.1) is 0 Å². The predicted octanol–water partition coefficient (Wildman–Crippen LogP) is 4.39. The summed E-state index contributed by atoms with van der Waals surface area (Å²) in [5, 5.41) is 12.8. The first kappa shape index (κ1) is 23.7. The number of rotatable bonds is 6. The molecule has 1 aliphatic heterocycles. The monoisotopic (exact) mass is 478 g/mol. The van der Waals surface area contributed by atoms with Crippen LogP contribution in [0.25, 0.3) is 11.1 Å². The number of ether oxygens (including phenoxy) is 2. The van der Waals surface area contributed by atoms with E-state index in [4.69, 9.17) is 9.47 Å². The summed E-state index contributed by atoms with van der Waals surface area (Å²) >= 11 is 0. The van der Waals surface area contributed by atoms with Crippen molar-refractivity contribution in [3.05, 3.63) is 59.7 Å². The molecule has 2 N–H and O–H groups in total. The summed E-state index contributed by atoms with van der Waals surface area (Å²) in [5.74, 6) is 0.997. The number of benzene rings is 2. The van der Waals surface area contributed by atoms with E-state index < -0.39 is 11.7 Å². The molecule has 3 aliphatic rings. The van der Waals surface area contributed by atoms with Crippen molar-refractivity contribution in [2.75, 3.05) is 26.3 Å². The van der Waals surface area contributed by atoms with Crippen molar-refractivity contribution in [2.24, 2.45) is 17.8 Å². The van der Waals surface area contributed by atoms with Crippen LogP contribution in [0.3, 0.4) is 0 Å². The number of aliphatic hydroxyl groups is 1. The number of carbonyl (C=O) groups excluding carboxylic acids is 2. The average molecular weight is 479 g/mol. The highest BCUT2D eigenvalue weighted by Gasteiger charge is 2.61. The molecule has 2 aromatic rings. The minimum absolute atomic E-state index is 0.0164. The highest BCUT2D eigenvalue weighted by atomic mass is 16.6. The van der Waals surface area contributed by atoms with Crippen LogP contribution in [-0.4, -0.2) is 60.1 Å². The van der Waals surface area contributed by atoms with Gasteiger partial charge < -0.3 is 24.8 Å². The smallest absolute Gasteiger partial charge is 0.410 e. The molecule has 1 saturated heterocycles. The predicted molar refractivity (Wildman–Crippen MR) is 132 cm³/mol. The van der Waals surface area contributed by atoms with Crippen LogP contribution in [-0.2, 0) is 9.47 Å². The lowest BCUT2D eigenvalue weighted by Crippen LogP contribution is -2.42. The molecule has 0 unspecified atom stereocenters. The molecular formula is C28H34N2O5. The Morgan fingerprint density at radius 1 is 1.06 bits per heavy atom. The maximum Gasteiger partial charge on any atom is 0.410 e. The van der Waals surface area contributed by atoms with Crippen LogP contribution in [0.4, 0.5) is 9.59 Å². The van der Waals surface area contributed by atoms with E-state index in [-0.39, 0.29) is 37.2 Å². The Labute approximate surface area is 206 Å². The summed E-state index contributed by atoms with van der Waals surface area (Å²) in [6.07, 6.45) is 0.0369. The zero-order valence-electron chi connectivity index (χ0n) is 20.6. The molecule has 2 aromatic carbocycles. The summed E-state index contributed by atoms with van der Waals surface area (Å²) in [7, 11) is 0. The lowest BCUT2D eigenvalue weighted by atomic mass is 9.98. The van der Waals surface area contributed by atoms with E-state index in [9.17, 15) is 14.7 Å². The largest absolute Gasteiger partial charge is 0.448 e. The molecular weight excluding hydrogens is 444 g/mol. The number of hydrogen-bond acceptors (Lipinski definition) is 5. The molecule has 7 heteroatoms. The van der Waals surface area contributed by atoms with Gasteiger partial charge >= 0.3 is 12.2 Å². The van der Waals surface area contributed by atoms with Crippen molar-refractivity contribution in [1.82, 2.24) is 10.2 Å². The Morgan fingerprint density at radius 3 is 2.29 bits per heavy atom.